The van der Waals surface area contributed by atoms with E-state index in [2.05, 4.69) is 5.32 Å². The molecule has 1 N–H and O–H groups in total. The molecule has 2 fully saturated rings. The highest BCUT2D eigenvalue weighted by atomic mass is 32.2. The smallest absolute Gasteiger partial charge is 0.251 e. The highest BCUT2D eigenvalue weighted by molar-refractivity contribution is 7.91. The van der Waals surface area contributed by atoms with Crippen LogP contribution in [0, 0.1) is 0 Å². The van der Waals surface area contributed by atoms with Crippen LogP contribution in [0.5, 0.6) is 0 Å². The molecule has 1 atom stereocenters. The summed E-state index contributed by atoms with van der Waals surface area (Å²) in [7, 11) is -3.07. The first-order valence-electron chi connectivity index (χ1n) is 9.47. The molecule has 0 spiro atoms. The molecule has 3 rings (SSSR count). The molecule has 8 nitrogen and oxygen atoms in total. The Bertz CT molecular complexity index is 852. The lowest BCUT2D eigenvalue weighted by atomic mass is 10.1. The molecule has 3 amide bonds. The number of carbonyl (C=O) groups is 3. The van der Waals surface area contributed by atoms with Gasteiger partial charge in [0.25, 0.3) is 5.91 Å². The van der Waals surface area contributed by atoms with Gasteiger partial charge in [0, 0.05) is 37.3 Å². The van der Waals surface area contributed by atoms with Crippen molar-refractivity contribution in [2.24, 2.45) is 0 Å². The number of sulfone groups is 1. The fourth-order valence-corrected chi connectivity index (χ4v) is 4.62. The van der Waals surface area contributed by atoms with Gasteiger partial charge in [0.2, 0.25) is 11.8 Å². The fourth-order valence-electron chi connectivity index (χ4n) is 3.42. The van der Waals surface area contributed by atoms with Crippen LogP contribution in [0.1, 0.15) is 36.5 Å². The molecule has 1 aromatic rings. The van der Waals surface area contributed by atoms with Crippen molar-refractivity contribution >= 4 is 33.2 Å². The number of anilines is 1. The zero-order valence-corrected chi connectivity index (χ0v) is 16.7. The van der Waals surface area contributed by atoms with E-state index in [4.69, 9.17) is 0 Å². The van der Waals surface area contributed by atoms with Crippen molar-refractivity contribution in [1.82, 2.24) is 10.2 Å². The molecule has 0 saturated carbocycles. The number of piperidine rings is 1. The van der Waals surface area contributed by atoms with Crippen molar-refractivity contribution in [3.8, 4) is 0 Å². The Morgan fingerprint density at radius 1 is 1.04 bits per heavy atom. The van der Waals surface area contributed by atoms with Gasteiger partial charge in [-0.1, -0.05) is 0 Å². The SMILES string of the molecule is CC(NC(=O)c1ccc(N2CCCCC2=O)cc1)C(=O)N1CCS(=O)(=O)CC1. The molecule has 1 aromatic carbocycles. The zero-order valence-electron chi connectivity index (χ0n) is 15.9. The first-order chi connectivity index (χ1) is 13.3. The van der Waals surface area contributed by atoms with Crippen molar-refractivity contribution in [3.05, 3.63) is 29.8 Å². The summed E-state index contributed by atoms with van der Waals surface area (Å²) in [4.78, 5) is 40.1. The average Bonchev–Trinajstić information content (AvgIpc) is 2.68. The highest BCUT2D eigenvalue weighted by Crippen LogP contribution is 2.21. The third kappa shape index (κ3) is 4.70. The van der Waals surface area contributed by atoms with E-state index < -0.39 is 15.9 Å². The maximum Gasteiger partial charge on any atom is 0.251 e. The fraction of sp³-hybridized carbons (Fsp3) is 0.526. The van der Waals surface area contributed by atoms with E-state index in [1.807, 2.05) is 0 Å². The zero-order chi connectivity index (χ0) is 20.3. The molecule has 1 unspecified atom stereocenters. The summed E-state index contributed by atoms with van der Waals surface area (Å²) in [5.41, 5.74) is 1.16. The molecule has 2 aliphatic rings. The van der Waals surface area contributed by atoms with Crippen LogP contribution in [0.15, 0.2) is 24.3 Å². The van der Waals surface area contributed by atoms with Gasteiger partial charge in [-0.3, -0.25) is 14.4 Å². The molecular weight excluding hydrogens is 382 g/mol. The summed E-state index contributed by atoms with van der Waals surface area (Å²) in [6.45, 7) is 2.57. The summed E-state index contributed by atoms with van der Waals surface area (Å²) in [6, 6.07) is 5.99. The maximum absolute atomic E-state index is 12.4. The van der Waals surface area contributed by atoms with Crippen LogP contribution in [0.4, 0.5) is 5.69 Å². The second-order valence-electron chi connectivity index (χ2n) is 7.22. The largest absolute Gasteiger partial charge is 0.341 e. The Morgan fingerprint density at radius 2 is 1.68 bits per heavy atom. The molecule has 0 aromatic heterocycles. The lowest BCUT2D eigenvalue weighted by Gasteiger charge is -2.29. The topological polar surface area (TPSA) is 104 Å². The van der Waals surface area contributed by atoms with E-state index in [9.17, 15) is 22.8 Å². The molecule has 0 radical (unpaired) electrons. The monoisotopic (exact) mass is 407 g/mol. The quantitative estimate of drug-likeness (QED) is 0.786. The van der Waals surface area contributed by atoms with Gasteiger partial charge < -0.3 is 15.1 Å². The van der Waals surface area contributed by atoms with E-state index in [0.29, 0.717) is 18.5 Å². The van der Waals surface area contributed by atoms with Crippen molar-refractivity contribution < 1.29 is 22.8 Å². The molecular formula is C19H25N3O5S. The van der Waals surface area contributed by atoms with Gasteiger partial charge in [0.15, 0.2) is 9.84 Å². The van der Waals surface area contributed by atoms with Crippen molar-refractivity contribution in [2.45, 2.75) is 32.2 Å². The van der Waals surface area contributed by atoms with Crippen LogP contribution in [-0.4, -0.2) is 68.2 Å². The van der Waals surface area contributed by atoms with Crippen LogP contribution in [0.3, 0.4) is 0 Å². The second kappa shape index (κ2) is 8.30. The summed E-state index contributed by atoms with van der Waals surface area (Å²) in [5.74, 6) is -0.682. The van der Waals surface area contributed by atoms with Crippen LogP contribution < -0.4 is 10.2 Å². The maximum atomic E-state index is 12.4. The number of hydrogen-bond acceptors (Lipinski definition) is 5. The van der Waals surface area contributed by atoms with Gasteiger partial charge in [0.05, 0.1) is 11.5 Å². The third-order valence-electron chi connectivity index (χ3n) is 5.14. The predicted octanol–water partition coefficient (Wildman–Crippen LogP) is 0.579. The Balaban J connectivity index is 1.58. The predicted molar refractivity (Wildman–Crippen MR) is 105 cm³/mol. The van der Waals surface area contributed by atoms with E-state index in [0.717, 1.165) is 18.5 Å². The Hall–Kier alpha value is -2.42. The highest BCUT2D eigenvalue weighted by Gasteiger charge is 2.28. The normalized spacial score (nSPS) is 20.5. The molecule has 0 bridgehead atoms. The first kappa shape index (κ1) is 20.3. The standard InChI is InChI=1S/C19H25N3O5S/c1-14(19(25)21-10-12-28(26,27)13-11-21)20-18(24)15-5-7-16(8-6-15)22-9-3-2-4-17(22)23/h5-8,14H,2-4,9-13H2,1H3,(H,20,24). The van der Waals surface area contributed by atoms with Gasteiger partial charge >= 0.3 is 0 Å². The van der Waals surface area contributed by atoms with Crippen molar-refractivity contribution in [3.63, 3.8) is 0 Å². The van der Waals surface area contributed by atoms with E-state index in [1.54, 1.807) is 36.1 Å². The Labute approximate surface area is 164 Å². The third-order valence-corrected chi connectivity index (χ3v) is 6.75. The minimum absolute atomic E-state index is 0.0455. The average molecular weight is 407 g/mol. The lowest BCUT2D eigenvalue weighted by Crippen LogP contribution is -2.51. The van der Waals surface area contributed by atoms with Crippen LogP contribution in [-0.2, 0) is 19.4 Å². The molecule has 2 heterocycles. The Morgan fingerprint density at radius 3 is 2.29 bits per heavy atom. The summed E-state index contributed by atoms with van der Waals surface area (Å²) >= 11 is 0. The van der Waals surface area contributed by atoms with E-state index >= 15 is 0 Å². The van der Waals surface area contributed by atoms with Gasteiger partial charge in [-0.15, -0.1) is 0 Å². The van der Waals surface area contributed by atoms with Crippen molar-refractivity contribution in [2.75, 3.05) is 36.0 Å². The van der Waals surface area contributed by atoms with Crippen LogP contribution in [0.2, 0.25) is 0 Å². The molecule has 2 aliphatic heterocycles. The van der Waals surface area contributed by atoms with Gasteiger partial charge in [0.1, 0.15) is 6.04 Å². The van der Waals surface area contributed by atoms with Gasteiger partial charge in [-0.25, -0.2) is 8.42 Å². The second-order valence-corrected chi connectivity index (χ2v) is 9.53. The number of carbonyl (C=O) groups excluding carboxylic acids is 3. The summed E-state index contributed by atoms with van der Waals surface area (Å²) in [6.07, 6.45) is 2.41. The van der Waals surface area contributed by atoms with Crippen molar-refractivity contribution in [1.29, 1.82) is 0 Å². The summed E-state index contributed by atoms with van der Waals surface area (Å²) in [5, 5.41) is 2.66. The number of rotatable bonds is 4. The number of hydrogen-bond donors (Lipinski definition) is 1. The lowest BCUT2D eigenvalue weighted by molar-refractivity contribution is -0.132. The number of amides is 3. The van der Waals surface area contributed by atoms with Gasteiger partial charge in [-0.2, -0.15) is 0 Å². The first-order valence-corrected chi connectivity index (χ1v) is 11.3. The van der Waals surface area contributed by atoms with E-state index in [-0.39, 0.29) is 42.3 Å². The van der Waals surface area contributed by atoms with Crippen LogP contribution in [0.25, 0.3) is 0 Å². The van der Waals surface area contributed by atoms with Crippen LogP contribution >= 0.6 is 0 Å². The van der Waals surface area contributed by atoms with E-state index in [1.165, 1.54) is 4.90 Å². The minimum atomic E-state index is -3.07. The number of nitrogens with one attached hydrogen (secondary N) is 1. The van der Waals surface area contributed by atoms with Gasteiger partial charge in [-0.05, 0) is 44.0 Å². The molecule has 2 saturated heterocycles. The minimum Gasteiger partial charge on any atom is -0.341 e. The molecule has 9 heteroatoms. The number of nitrogens with zero attached hydrogens (tertiary/aromatic N) is 2. The number of benzene rings is 1. The molecule has 152 valence electrons. The molecule has 28 heavy (non-hydrogen) atoms. The summed E-state index contributed by atoms with van der Waals surface area (Å²) < 4.78 is 23.0. The molecule has 0 aliphatic carbocycles. The Kier molecular flexibility index (Phi) is 6.02.